The van der Waals surface area contributed by atoms with Gasteiger partial charge in [-0.2, -0.15) is 0 Å². The van der Waals surface area contributed by atoms with E-state index in [0.717, 1.165) is 0 Å². The molecule has 0 radical (unpaired) electrons. The van der Waals surface area contributed by atoms with Gasteiger partial charge in [0.1, 0.15) is 5.75 Å². The summed E-state index contributed by atoms with van der Waals surface area (Å²) in [4.78, 5) is 10.3. The van der Waals surface area contributed by atoms with Crippen molar-refractivity contribution in [3.8, 4) is 17.2 Å². The lowest BCUT2D eigenvalue weighted by Gasteiger charge is -2.11. The highest BCUT2D eigenvalue weighted by Crippen LogP contribution is 2.31. The van der Waals surface area contributed by atoms with E-state index in [1.165, 1.54) is 7.11 Å². The van der Waals surface area contributed by atoms with Crippen molar-refractivity contribution >= 4 is 5.97 Å². The van der Waals surface area contributed by atoms with E-state index in [0.29, 0.717) is 23.9 Å². The Morgan fingerprint density at radius 1 is 1.31 bits per heavy atom. The Hall–Kier alpha value is -1.91. The summed E-state index contributed by atoms with van der Waals surface area (Å²) in [6.45, 7) is 1.97. The highest BCUT2D eigenvalue weighted by molar-refractivity contribution is 5.68. The van der Waals surface area contributed by atoms with Gasteiger partial charge in [-0.3, -0.25) is 0 Å². The summed E-state index contributed by atoms with van der Waals surface area (Å²) in [5.41, 5.74) is 0. The van der Waals surface area contributed by atoms with E-state index in [-0.39, 0.29) is 6.61 Å². The van der Waals surface area contributed by atoms with Crippen LogP contribution in [0.1, 0.15) is 6.92 Å². The van der Waals surface area contributed by atoms with Crippen molar-refractivity contribution in [3.63, 3.8) is 0 Å². The van der Waals surface area contributed by atoms with E-state index in [1.807, 2.05) is 6.92 Å². The van der Waals surface area contributed by atoms with E-state index in [1.54, 1.807) is 18.2 Å². The minimum atomic E-state index is -1.02. The predicted molar refractivity (Wildman–Crippen MR) is 57.3 cm³/mol. The van der Waals surface area contributed by atoms with Gasteiger partial charge in [-0.05, 0) is 19.1 Å². The van der Waals surface area contributed by atoms with Crippen molar-refractivity contribution in [1.82, 2.24) is 0 Å². The molecule has 0 spiro atoms. The highest BCUT2D eigenvalue weighted by Gasteiger charge is 2.07. The maximum Gasteiger partial charge on any atom is 0.341 e. The molecule has 0 aromatic heterocycles. The first-order valence-electron chi connectivity index (χ1n) is 4.82. The molecule has 1 aromatic carbocycles. The van der Waals surface area contributed by atoms with Crippen LogP contribution >= 0.6 is 0 Å². The molecule has 0 heterocycles. The number of methoxy groups -OCH3 is 1. The highest BCUT2D eigenvalue weighted by atomic mass is 16.5. The Kier molecular flexibility index (Phi) is 4.44. The second-order valence-corrected chi connectivity index (χ2v) is 2.93. The van der Waals surface area contributed by atoms with Crippen LogP contribution in [0, 0.1) is 0 Å². The second-order valence-electron chi connectivity index (χ2n) is 2.93. The Labute approximate surface area is 93.6 Å². The number of carboxylic acids is 1. The first-order valence-corrected chi connectivity index (χ1v) is 4.82. The van der Waals surface area contributed by atoms with E-state index in [2.05, 4.69) is 0 Å². The third kappa shape index (κ3) is 3.34. The van der Waals surface area contributed by atoms with Crippen LogP contribution in [0.2, 0.25) is 0 Å². The maximum absolute atomic E-state index is 10.3. The van der Waals surface area contributed by atoms with Gasteiger partial charge in [0.2, 0.25) is 0 Å². The summed E-state index contributed by atoms with van der Waals surface area (Å²) in [5, 5.41) is 8.47. The van der Waals surface area contributed by atoms with Gasteiger partial charge in [0, 0.05) is 6.07 Å². The van der Waals surface area contributed by atoms with Crippen LogP contribution in [0.25, 0.3) is 0 Å². The van der Waals surface area contributed by atoms with Crippen molar-refractivity contribution in [2.75, 3.05) is 20.3 Å². The van der Waals surface area contributed by atoms with Crippen LogP contribution in [0.15, 0.2) is 18.2 Å². The summed E-state index contributed by atoms with van der Waals surface area (Å²) in [6, 6.07) is 4.90. The molecule has 0 amide bonds. The van der Waals surface area contributed by atoms with Gasteiger partial charge >= 0.3 is 5.97 Å². The number of benzene rings is 1. The SMILES string of the molecule is CCOc1cc(OCC(=O)O)ccc1OC. The predicted octanol–water partition coefficient (Wildman–Crippen LogP) is 1.56. The van der Waals surface area contributed by atoms with Gasteiger partial charge in [-0.15, -0.1) is 0 Å². The maximum atomic E-state index is 10.3. The molecule has 5 nitrogen and oxygen atoms in total. The van der Waals surface area contributed by atoms with Gasteiger partial charge in [0.25, 0.3) is 0 Å². The Morgan fingerprint density at radius 2 is 2.06 bits per heavy atom. The molecule has 0 aliphatic heterocycles. The van der Waals surface area contributed by atoms with Crippen molar-refractivity contribution in [3.05, 3.63) is 18.2 Å². The first kappa shape index (κ1) is 12.2. The molecule has 1 rings (SSSR count). The normalized spacial score (nSPS) is 9.62. The topological polar surface area (TPSA) is 65.0 Å². The van der Waals surface area contributed by atoms with Gasteiger partial charge in [-0.25, -0.2) is 4.79 Å². The molecule has 88 valence electrons. The summed E-state index contributed by atoms with van der Waals surface area (Å²) in [7, 11) is 1.54. The molecule has 0 unspecified atom stereocenters. The molecular formula is C11H14O5. The van der Waals surface area contributed by atoms with Gasteiger partial charge in [0.05, 0.1) is 13.7 Å². The molecular weight excluding hydrogens is 212 g/mol. The van der Waals surface area contributed by atoms with Crippen molar-refractivity contribution in [1.29, 1.82) is 0 Å². The smallest absolute Gasteiger partial charge is 0.341 e. The van der Waals surface area contributed by atoms with Gasteiger partial charge in [0.15, 0.2) is 18.1 Å². The molecule has 16 heavy (non-hydrogen) atoms. The van der Waals surface area contributed by atoms with Crippen molar-refractivity contribution < 1.29 is 24.1 Å². The minimum absolute atomic E-state index is 0.377. The molecule has 1 N–H and O–H groups in total. The lowest BCUT2D eigenvalue weighted by atomic mass is 10.3. The van der Waals surface area contributed by atoms with Crippen LogP contribution in [0.3, 0.4) is 0 Å². The van der Waals surface area contributed by atoms with Crippen LogP contribution < -0.4 is 14.2 Å². The molecule has 0 aliphatic carbocycles. The molecule has 5 heteroatoms. The summed E-state index contributed by atoms with van der Waals surface area (Å²) in [5.74, 6) is 0.540. The minimum Gasteiger partial charge on any atom is -0.493 e. The quantitative estimate of drug-likeness (QED) is 0.797. The lowest BCUT2D eigenvalue weighted by molar-refractivity contribution is -0.139. The van der Waals surface area contributed by atoms with E-state index in [4.69, 9.17) is 19.3 Å². The average Bonchev–Trinajstić information content (AvgIpc) is 2.27. The van der Waals surface area contributed by atoms with Crippen LogP contribution in [-0.2, 0) is 4.79 Å². The fraction of sp³-hybridized carbons (Fsp3) is 0.364. The number of rotatable bonds is 6. The monoisotopic (exact) mass is 226 g/mol. The van der Waals surface area contributed by atoms with E-state index in [9.17, 15) is 4.79 Å². The van der Waals surface area contributed by atoms with E-state index >= 15 is 0 Å². The number of aliphatic carboxylic acids is 1. The summed E-state index contributed by atoms with van der Waals surface area (Å²) < 4.78 is 15.4. The Balaban J connectivity index is 2.79. The zero-order valence-corrected chi connectivity index (χ0v) is 9.23. The fourth-order valence-electron chi connectivity index (χ4n) is 1.16. The first-order chi connectivity index (χ1) is 7.67. The lowest BCUT2D eigenvalue weighted by Crippen LogP contribution is -2.09. The number of carboxylic acid groups (broad SMARTS) is 1. The largest absolute Gasteiger partial charge is 0.493 e. The van der Waals surface area contributed by atoms with Crippen LogP contribution in [-0.4, -0.2) is 31.4 Å². The third-order valence-electron chi connectivity index (χ3n) is 1.80. The number of carbonyl (C=O) groups is 1. The molecule has 1 aromatic rings. The zero-order valence-electron chi connectivity index (χ0n) is 9.23. The molecule has 0 atom stereocenters. The second kappa shape index (κ2) is 5.85. The molecule has 0 bridgehead atoms. The van der Waals surface area contributed by atoms with Crippen molar-refractivity contribution in [2.45, 2.75) is 6.92 Å². The van der Waals surface area contributed by atoms with Crippen LogP contribution in [0.5, 0.6) is 17.2 Å². The fourth-order valence-corrected chi connectivity index (χ4v) is 1.16. The molecule has 0 saturated heterocycles. The number of hydrogen-bond donors (Lipinski definition) is 1. The average molecular weight is 226 g/mol. The molecule has 0 saturated carbocycles. The van der Waals surface area contributed by atoms with Gasteiger partial charge < -0.3 is 19.3 Å². The van der Waals surface area contributed by atoms with Gasteiger partial charge in [-0.1, -0.05) is 0 Å². The Bertz CT molecular complexity index is 361. The standard InChI is InChI=1S/C11H14O5/c1-3-15-10-6-8(16-7-11(12)13)4-5-9(10)14-2/h4-6H,3,7H2,1-2H3,(H,12,13). The van der Waals surface area contributed by atoms with E-state index < -0.39 is 5.97 Å². The Morgan fingerprint density at radius 3 is 2.62 bits per heavy atom. The molecule has 0 aliphatic rings. The third-order valence-corrected chi connectivity index (χ3v) is 1.80. The zero-order chi connectivity index (χ0) is 12.0. The summed E-state index contributed by atoms with van der Waals surface area (Å²) >= 11 is 0. The van der Waals surface area contributed by atoms with Crippen LogP contribution in [0.4, 0.5) is 0 Å². The summed E-state index contributed by atoms with van der Waals surface area (Å²) in [6.07, 6.45) is 0. The van der Waals surface area contributed by atoms with Crippen molar-refractivity contribution in [2.24, 2.45) is 0 Å². The number of ether oxygens (including phenoxy) is 3. The molecule has 0 fully saturated rings. The number of hydrogen-bond acceptors (Lipinski definition) is 4.